The van der Waals surface area contributed by atoms with E-state index in [9.17, 15) is 24.0 Å². The third-order valence-corrected chi connectivity index (χ3v) is 5.27. The first-order valence-corrected chi connectivity index (χ1v) is 11.1. The van der Waals surface area contributed by atoms with E-state index in [1.54, 1.807) is 18.7 Å². The Morgan fingerprint density at radius 1 is 1.00 bits per heavy atom. The summed E-state index contributed by atoms with van der Waals surface area (Å²) in [7, 11) is 0. The Hall–Kier alpha value is -3.23. The molecule has 1 aromatic carbocycles. The standard InChI is InChI=1S/C24H35N3O6/c1-15(2)20(29)10-11-21(30)26-19(9-12-22(31)32)24(33)25-13-14-27(18(5)28)23-16(3)7-6-8-17(23)4/h6-8,15,19H,9-14H2,1-5H3,(H,25,33)(H,26,30)(H,31,32). The van der Waals surface area contributed by atoms with Gasteiger partial charge in [-0.2, -0.15) is 0 Å². The highest BCUT2D eigenvalue weighted by Crippen LogP contribution is 2.24. The second-order valence-corrected chi connectivity index (χ2v) is 8.38. The number of carboxylic acids is 1. The first-order chi connectivity index (χ1) is 15.4. The Morgan fingerprint density at radius 2 is 1.61 bits per heavy atom. The molecule has 1 rings (SSSR count). The largest absolute Gasteiger partial charge is 0.481 e. The molecule has 9 nitrogen and oxygen atoms in total. The molecule has 182 valence electrons. The predicted octanol–water partition coefficient (Wildman–Crippen LogP) is 2.13. The van der Waals surface area contributed by atoms with E-state index in [1.165, 1.54) is 6.92 Å². The van der Waals surface area contributed by atoms with E-state index in [0.29, 0.717) is 0 Å². The highest BCUT2D eigenvalue weighted by molar-refractivity contribution is 5.93. The summed E-state index contributed by atoms with van der Waals surface area (Å²) >= 11 is 0. The van der Waals surface area contributed by atoms with Gasteiger partial charge in [-0.15, -0.1) is 0 Å². The van der Waals surface area contributed by atoms with Crippen LogP contribution in [0, 0.1) is 19.8 Å². The Balaban J connectivity index is 2.77. The number of aryl methyl sites for hydroxylation is 2. The number of carbonyl (C=O) groups excluding carboxylic acids is 4. The number of anilines is 1. The van der Waals surface area contributed by atoms with Crippen LogP contribution in [0.4, 0.5) is 5.69 Å². The third-order valence-electron chi connectivity index (χ3n) is 5.27. The van der Waals surface area contributed by atoms with E-state index in [2.05, 4.69) is 10.6 Å². The fourth-order valence-corrected chi connectivity index (χ4v) is 3.40. The zero-order valence-corrected chi connectivity index (χ0v) is 20.1. The molecule has 1 atom stereocenters. The van der Waals surface area contributed by atoms with Gasteiger partial charge in [-0.25, -0.2) is 0 Å². The zero-order chi connectivity index (χ0) is 25.1. The molecular weight excluding hydrogens is 426 g/mol. The van der Waals surface area contributed by atoms with Gasteiger partial charge in [0.2, 0.25) is 17.7 Å². The number of aliphatic carboxylic acids is 1. The van der Waals surface area contributed by atoms with Crippen LogP contribution in [-0.4, -0.2) is 53.7 Å². The van der Waals surface area contributed by atoms with Gasteiger partial charge in [0.15, 0.2) is 0 Å². The monoisotopic (exact) mass is 461 g/mol. The van der Waals surface area contributed by atoms with Crippen LogP contribution in [0.5, 0.6) is 0 Å². The van der Waals surface area contributed by atoms with Gasteiger partial charge in [-0.05, 0) is 31.4 Å². The van der Waals surface area contributed by atoms with Crippen molar-refractivity contribution < 1.29 is 29.1 Å². The minimum atomic E-state index is -1.09. The molecule has 0 fully saturated rings. The molecule has 1 unspecified atom stereocenters. The van der Waals surface area contributed by atoms with Gasteiger partial charge in [-0.3, -0.25) is 24.0 Å². The summed E-state index contributed by atoms with van der Waals surface area (Å²) in [5.41, 5.74) is 2.64. The first kappa shape index (κ1) is 27.8. The maximum atomic E-state index is 12.7. The molecule has 33 heavy (non-hydrogen) atoms. The lowest BCUT2D eigenvalue weighted by Gasteiger charge is -2.26. The molecule has 0 spiro atoms. The van der Waals surface area contributed by atoms with E-state index in [1.807, 2.05) is 32.0 Å². The number of benzene rings is 1. The number of rotatable bonds is 13. The van der Waals surface area contributed by atoms with Crippen molar-refractivity contribution in [1.82, 2.24) is 10.6 Å². The van der Waals surface area contributed by atoms with E-state index < -0.39 is 23.8 Å². The highest BCUT2D eigenvalue weighted by Gasteiger charge is 2.23. The van der Waals surface area contributed by atoms with Gasteiger partial charge in [-0.1, -0.05) is 32.0 Å². The molecule has 3 amide bonds. The number of hydrogen-bond donors (Lipinski definition) is 3. The molecule has 0 bridgehead atoms. The Bertz CT molecular complexity index is 861. The number of nitrogens with one attached hydrogen (secondary N) is 2. The van der Waals surface area contributed by atoms with Crippen LogP contribution in [-0.2, 0) is 24.0 Å². The van der Waals surface area contributed by atoms with Crippen molar-refractivity contribution in [3.05, 3.63) is 29.3 Å². The van der Waals surface area contributed by atoms with Crippen LogP contribution in [0.2, 0.25) is 0 Å². The van der Waals surface area contributed by atoms with Crippen molar-refractivity contribution in [2.24, 2.45) is 5.92 Å². The van der Waals surface area contributed by atoms with Gasteiger partial charge in [0.05, 0.1) is 0 Å². The molecule has 0 aliphatic rings. The summed E-state index contributed by atoms with van der Waals surface area (Å²) in [6.45, 7) is 9.07. The number of amides is 3. The summed E-state index contributed by atoms with van der Waals surface area (Å²) in [5.74, 6) is -2.54. The van der Waals surface area contributed by atoms with Crippen LogP contribution >= 0.6 is 0 Å². The van der Waals surface area contributed by atoms with E-state index in [-0.39, 0.29) is 56.4 Å². The summed E-state index contributed by atoms with van der Waals surface area (Å²) in [5, 5.41) is 14.2. The van der Waals surface area contributed by atoms with Crippen LogP contribution in [0.1, 0.15) is 57.6 Å². The van der Waals surface area contributed by atoms with E-state index in [0.717, 1.165) is 16.8 Å². The number of Topliss-reactive ketones (excluding diaryl/α,β-unsaturated/α-hetero) is 1. The number of carbonyl (C=O) groups is 5. The fraction of sp³-hybridized carbons (Fsp3) is 0.542. The molecular formula is C24H35N3O6. The van der Waals surface area contributed by atoms with Gasteiger partial charge in [0.1, 0.15) is 11.8 Å². The summed E-state index contributed by atoms with van der Waals surface area (Å²) < 4.78 is 0. The number of carboxylic acid groups (broad SMARTS) is 1. The average Bonchev–Trinajstić information content (AvgIpc) is 2.72. The van der Waals surface area contributed by atoms with Crippen molar-refractivity contribution >= 4 is 35.2 Å². The minimum absolute atomic E-state index is 0.0557. The Kier molecular flexibility index (Phi) is 11.2. The molecule has 0 aliphatic carbocycles. The number of nitrogens with zero attached hydrogens (tertiary/aromatic N) is 1. The van der Waals surface area contributed by atoms with Crippen molar-refractivity contribution in [1.29, 1.82) is 0 Å². The number of hydrogen-bond acceptors (Lipinski definition) is 5. The highest BCUT2D eigenvalue weighted by atomic mass is 16.4. The summed E-state index contributed by atoms with van der Waals surface area (Å²) in [6.07, 6.45) is -0.401. The van der Waals surface area contributed by atoms with Gasteiger partial charge < -0.3 is 20.6 Å². The molecule has 0 aromatic heterocycles. The molecule has 1 aromatic rings. The molecule has 0 heterocycles. The minimum Gasteiger partial charge on any atom is -0.481 e. The SMILES string of the molecule is CC(=O)N(CCNC(=O)C(CCC(=O)O)NC(=O)CCC(=O)C(C)C)c1c(C)cccc1C. The zero-order valence-electron chi connectivity index (χ0n) is 20.1. The molecule has 3 N–H and O–H groups in total. The van der Waals surface area contributed by atoms with Gasteiger partial charge >= 0.3 is 5.97 Å². The maximum Gasteiger partial charge on any atom is 0.303 e. The third kappa shape index (κ3) is 9.43. The Morgan fingerprint density at radius 3 is 2.12 bits per heavy atom. The topological polar surface area (TPSA) is 133 Å². The summed E-state index contributed by atoms with van der Waals surface area (Å²) in [4.78, 5) is 61.4. The fourth-order valence-electron chi connectivity index (χ4n) is 3.40. The van der Waals surface area contributed by atoms with Crippen LogP contribution in [0.25, 0.3) is 0 Å². The number of para-hydroxylation sites is 1. The lowest BCUT2D eigenvalue weighted by atomic mass is 10.0. The van der Waals surface area contributed by atoms with Gasteiger partial charge in [0, 0.05) is 50.9 Å². The summed E-state index contributed by atoms with van der Waals surface area (Å²) in [6, 6.07) is 4.66. The van der Waals surface area contributed by atoms with Crippen LogP contribution < -0.4 is 15.5 Å². The lowest BCUT2D eigenvalue weighted by molar-refractivity contribution is -0.138. The van der Waals surface area contributed by atoms with E-state index in [4.69, 9.17) is 5.11 Å². The van der Waals surface area contributed by atoms with Crippen LogP contribution in [0.15, 0.2) is 18.2 Å². The predicted molar refractivity (Wildman–Crippen MR) is 125 cm³/mol. The molecule has 0 radical (unpaired) electrons. The number of ketones is 1. The van der Waals surface area contributed by atoms with Crippen molar-refractivity contribution in [3.8, 4) is 0 Å². The van der Waals surface area contributed by atoms with Crippen molar-refractivity contribution in [3.63, 3.8) is 0 Å². The van der Waals surface area contributed by atoms with Crippen LogP contribution in [0.3, 0.4) is 0 Å². The average molecular weight is 462 g/mol. The van der Waals surface area contributed by atoms with Gasteiger partial charge in [0.25, 0.3) is 0 Å². The molecule has 0 saturated heterocycles. The first-order valence-electron chi connectivity index (χ1n) is 11.1. The maximum absolute atomic E-state index is 12.7. The quantitative estimate of drug-likeness (QED) is 0.412. The second kappa shape index (κ2) is 13.3. The van der Waals surface area contributed by atoms with Crippen molar-refractivity contribution in [2.45, 2.75) is 66.3 Å². The van der Waals surface area contributed by atoms with Crippen molar-refractivity contribution in [2.75, 3.05) is 18.0 Å². The second-order valence-electron chi connectivity index (χ2n) is 8.38. The smallest absolute Gasteiger partial charge is 0.303 e. The van der Waals surface area contributed by atoms with E-state index >= 15 is 0 Å². The lowest BCUT2D eigenvalue weighted by Crippen LogP contribution is -2.49. The molecule has 0 aliphatic heterocycles. The Labute approximate surface area is 194 Å². The molecule has 0 saturated carbocycles. The molecule has 9 heteroatoms. The normalized spacial score (nSPS) is 11.6.